The van der Waals surface area contributed by atoms with E-state index in [0.29, 0.717) is 0 Å². The van der Waals surface area contributed by atoms with Crippen LogP contribution in [0.3, 0.4) is 0 Å². The van der Waals surface area contributed by atoms with Gasteiger partial charge in [0, 0.05) is 50.7 Å². The third-order valence-corrected chi connectivity index (χ3v) is 8.37. The van der Waals surface area contributed by atoms with Crippen LogP contribution in [0.25, 0.3) is 0 Å². The fraction of sp³-hybridized carbons (Fsp3) is 0.520. The Morgan fingerprint density at radius 2 is 1.84 bits per heavy atom. The molecule has 2 aliphatic rings. The number of rotatable bonds is 6. The second kappa shape index (κ2) is 10.6. The molecule has 0 aromatic heterocycles. The van der Waals surface area contributed by atoms with Gasteiger partial charge in [-0.15, -0.1) is 11.8 Å². The number of nitrogens with zero attached hydrogens (tertiary/aromatic N) is 1. The molecule has 0 amide bonds. The third-order valence-electron chi connectivity index (χ3n) is 6.97. The van der Waals surface area contributed by atoms with Gasteiger partial charge in [-0.3, -0.25) is 0 Å². The summed E-state index contributed by atoms with van der Waals surface area (Å²) in [5.74, 6) is 0.575. The van der Waals surface area contributed by atoms with Gasteiger partial charge in [-0.1, -0.05) is 38.8 Å². The minimum atomic E-state index is -0.482. The fourth-order valence-corrected chi connectivity index (χ4v) is 6.26. The molecule has 2 heterocycles. The summed E-state index contributed by atoms with van der Waals surface area (Å²) in [5, 5.41) is 11.8. The van der Waals surface area contributed by atoms with E-state index in [1.807, 2.05) is 23.9 Å². The molecular weight excluding hydrogens is 413 g/mol. The molecule has 0 saturated carbocycles. The van der Waals surface area contributed by atoms with Gasteiger partial charge >= 0.3 is 0 Å². The zero-order valence-corrected chi connectivity index (χ0v) is 19.2. The summed E-state index contributed by atoms with van der Waals surface area (Å²) in [7, 11) is 0. The van der Waals surface area contributed by atoms with E-state index >= 15 is 0 Å². The number of hydrogen-bond donors (Lipinski definition) is 1. The van der Waals surface area contributed by atoms with Gasteiger partial charge in [-0.2, -0.15) is 0 Å². The Morgan fingerprint density at radius 3 is 2.42 bits per heavy atom. The Bertz CT molecular complexity index is 858. The summed E-state index contributed by atoms with van der Waals surface area (Å²) >= 11 is 1.89. The number of anilines is 1. The van der Waals surface area contributed by atoms with E-state index in [2.05, 4.69) is 36.9 Å². The van der Waals surface area contributed by atoms with Crippen molar-refractivity contribution in [3.05, 3.63) is 69.3 Å². The van der Waals surface area contributed by atoms with E-state index in [-0.39, 0.29) is 17.2 Å². The van der Waals surface area contributed by atoms with Crippen molar-refractivity contribution in [2.24, 2.45) is 5.41 Å². The molecule has 0 spiro atoms. The minimum Gasteiger partial charge on any atom is -0.392 e. The molecule has 2 aromatic rings. The highest BCUT2D eigenvalue weighted by Gasteiger charge is 2.44. The molecule has 4 rings (SSSR count). The van der Waals surface area contributed by atoms with E-state index in [4.69, 9.17) is 9.93 Å². The maximum atomic E-state index is 13.7. The van der Waals surface area contributed by atoms with Crippen molar-refractivity contribution in [1.82, 2.24) is 0 Å². The van der Waals surface area contributed by atoms with Crippen LogP contribution in [-0.4, -0.2) is 30.1 Å². The maximum absolute atomic E-state index is 13.7. The number of halogens is 1. The van der Waals surface area contributed by atoms with E-state index in [9.17, 15) is 9.50 Å². The van der Waals surface area contributed by atoms with Gasteiger partial charge in [-0.25, -0.2) is 4.39 Å². The van der Waals surface area contributed by atoms with E-state index < -0.39 is 6.10 Å². The predicted octanol–water partition coefficient (Wildman–Crippen LogP) is 6.29. The number of hydrogen-bond acceptors (Lipinski definition) is 5. The highest BCUT2D eigenvalue weighted by Crippen LogP contribution is 2.51. The number of aliphatic hydroxyl groups excluding tert-OH is 1. The average Bonchev–Trinajstić information content (AvgIpc) is 2.88. The molecular formula is C25H32FNO3S. The van der Waals surface area contributed by atoms with Crippen LogP contribution in [0.15, 0.2) is 47.4 Å². The minimum absolute atomic E-state index is 0.126. The monoisotopic (exact) mass is 445 g/mol. The van der Waals surface area contributed by atoms with Crippen LogP contribution in [-0.2, 0) is 0 Å². The van der Waals surface area contributed by atoms with Crippen molar-refractivity contribution >= 4 is 17.4 Å². The third kappa shape index (κ3) is 4.80. The Morgan fingerprint density at radius 1 is 1.13 bits per heavy atom. The summed E-state index contributed by atoms with van der Waals surface area (Å²) in [6.07, 6.45) is 4.99. The zero-order valence-electron chi connectivity index (χ0n) is 18.4. The molecule has 0 radical (unpaired) electrons. The Hall–Kier alpha value is -1.92. The standard InChI is InChI=1S/C25H32FNOS.O2/c1-3-5-13-25(4-2)17-29-22-12-11-20(27-14-6-15-27)16-21(22)23(24(25)28)18-7-9-19(26)10-8-18;1-2/h7-12,16,23-24,28H,3-6,13-15,17H2,1-2H3;/t23-,24-,25-;/m1./s1. The lowest BCUT2D eigenvalue weighted by atomic mass is 9.69. The molecule has 0 unspecified atom stereocenters. The SMILES string of the molecule is CCCC[C@]1(CC)CSc2ccc(N3CCC3)cc2[C@@H](c2ccc(F)cc2)[C@H]1O.O=O. The number of fused-ring (bicyclic) bond motifs is 1. The lowest BCUT2D eigenvalue weighted by molar-refractivity contribution is 0.0182. The Labute approximate surface area is 188 Å². The van der Waals surface area contributed by atoms with Crippen LogP contribution < -0.4 is 4.90 Å². The Kier molecular flexibility index (Phi) is 8.11. The summed E-state index contributed by atoms with van der Waals surface area (Å²) in [6.45, 7) is 6.63. The van der Waals surface area contributed by atoms with Crippen molar-refractivity contribution in [2.75, 3.05) is 23.7 Å². The lowest BCUT2D eigenvalue weighted by Crippen LogP contribution is -2.41. The maximum Gasteiger partial charge on any atom is 0.123 e. The Balaban J connectivity index is 0.00000132. The molecule has 2 aliphatic heterocycles. The molecule has 2 aromatic carbocycles. The normalized spacial score (nSPS) is 25.0. The molecule has 0 bridgehead atoms. The van der Waals surface area contributed by atoms with Crippen LogP contribution in [0.4, 0.5) is 10.1 Å². The molecule has 4 nitrogen and oxygen atoms in total. The summed E-state index contributed by atoms with van der Waals surface area (Å²) in [5.41, 5.74) is 3.32. The molecule has 31 heavy (non-hydrogen) atoms. The molecule has 0 aliphatic carbocycles. The van der Waals surface area contributed by atoms with Gasteiger partial charge in [0.1, 0.15) is 5.82 Å². The van der Waals surface area contributed by atoms with Crippen LogP contribution in [0.5, 0.6) is 0 Å². The van der Waals surface area contributed by atoms with E-state index in [1.54, 1.807) is 0 Å². The van der Waals surface area contributed by atoms with Crippen molar-refractivity contribution in [3.63, 3.8) is 0 Å². The molecule has 168 valence electrons. The zero-order chi connectivity index (χ0) is 22.4. The predicted molar refractivity (Wildman–Crippen MR) is 127 cm³/mol. The van der Waals surface area contributed by atoms with Gasteiger partial charge in [0.05, 0.1) is 6.10 Å². The van der Waals surface area contributed by atoms with Gasteiger partial charge in [0.2, 0.25) is 0 Å². The summed E-state index contributed by atoms with van der Waals surface area (Å²) < 4.78 is 13.7. The molecule has 3 atom stereocenters. The smallest absolute Gasteiger partial charge is 0.123 e. The van der Waals surface area contributed by atoms with Crippen molar-refractivity contribution in [1.29, 1.82) is 0 Å². The first-order valence-corrected chi connectivity index (χ1v) is 12.2. The van der Waals surface area contributed by atoms with Gasteiger partial charge in [0.25, 0.3) is 0 Å². The fourth-order valence-electron chi connectivity index (χ4n) is 4.78. The topological polar surface area (TPSA) is 57.6 Å². The molecule has 1 saturated heterocycles. The van der Waals surface area contributed by atoms with Crippen LogP contribution in [0.1, 0.15) is 63.0 Å². The number of thioether (sulfide) groups is 1. The number of aliphatic hydroxyl groups is 1. The van der Waals surface area contributed by atoms with Crippen molar-refractivity contribution in [3.8, 4) is 0 Å². The first-order valence-electron chi connectivity index (χ1n) is 11.2. The van der Waals surface area contributed by atoms with Crippen molar-refractivity contribution in [2.45, 2.75) is 62.9 Å². The second-order valence-corrected chi connectivity index (χ2v) is 9.66. The van der Waals surface area contributed by atoms with Gasteiger partial charge in [0.15, 0.2) is 0 Å². The van der Waals surface area contributed by atoms with Crippen LogP contribution >= 0.6 is 11.8 Å². The first-order chi connectivity index (χ1) is 15.1. The summed E-state index contributed by atoms with van der Waals surface area (Å²) in [4.78, 5) is 17.7. The summed E-state index contributed by atoms with van der Waals surface area (Å²) in [6, 6.07) is 13.5. The quantitative estimate of drug-likeness (QED) is 0.566. The first kappa shape index (κ1) is 23.7. The second-order valence-electron chi connectivity index (χ2n) is 8.64. The molecule has 6 heteroatoms. The van der Waals surface area contributed by atoms with E-state index in [0.717, 1.165) is 50.1 Å². The van der Waals surface area contributed by atoms with Crippen LogP contribution in [0.2, 0.25) is 0 Å². The lowest BCUT2D eigenvalue weighted by Gasteiger charge is -2.40. The largest absolute Gasteiger partial charge is 0.392 e. The number of unbranched alkanes of at least 4 members (excludes halogenated alkanes) is 1. The average molecular weight is 446 g/mol. The van der Waals surface area contributed by atoms with Crippen LogP contribution in [0, 0.1) is 21.2 Å². The molecule has 1 fully saturated rings. The highest BCUT2D eigenvalue weighted by molar-refractivity contribution is 7.99. The van der Waals surface area contributed by atoms with Crippen molar-refractivity contribution < 1.29 is 9.50 Å². The molecule has 1 N–H and O–H groups in total. The van der Waals surface area contributed by atoms with E-state index in [1.165, 1.54) is 34.7 Å². The van der Waals surface area contributed by atoms with Gasteiger partial charge in [-0.05, 0) is 60.7 Å². The number of benzene rings is 2. The van der Waals surface area contributed by atoms with Gasteiger partial charge < -0.3 is 10.0 Å². The highest BCUT2D eigenvalue weighted by atomic mass is 32.2.